The number of aromatic amines is 1. The summed E-state index contributed by atoms with van der Waals surface area (Å²) in [5, 5.41) is 8.13. The normalized spacial score (nSPS) is 15.2. The SMILES string of the molecule is CC(C)n1cc(-c2ccc3[nH]cc(NC(=O)c4cn(-c5cnc(N6CCC(F)(F)CC6)c(F)c5)cn4)c3c2)cn1. The number of anilines is 2. The molecule has 0 atom stereocenters. The second-order valence-corrected chi connectivity index (χ2v) is 10.2. The molecule has 40 heavy (non-hydrogen) atoms. The van der Waals surface area contributed by atoms with Crippen LogP contribution in [0.1, 0.15) is 43.2 Å². The zero-order valence-electron chi connectivity index (χ0n) is 21.9. The number of benzene rings is 1. The van der Waals surface area contributed by atoms with Crippen molar-refractivity contribution in [3.05, 3.63) is 73.1 Å². The van der Waals surface area contributed by atoms with Crippen molar-refractivity contribution in [3.63, 3.8) is 0 Å². The van der Waals surface area contributed by atoms with Crippen LogP contribution in [0.5, 0.6) is 0 Å². The van der Waals surface area contributed by atoms with Crippen LogP contribution in [0, 0.1) is 5.82 Å². The molecule has 0 radical (unpaired) electrons. The number of pyridine rings is 1. The summed E-state index contributed by atoms with van der Waals surface area (Å²) in [6.07, 6.45) is 9.14. The van der Waals surface area contributed by atoms with Gasteiger partial charge in [0.05, 0.1) is 23.8 Å². The van der Waals surface area contributed by atoms with Gasteiger partial charge in [0.2, 0.25) is 0 Å². The van der Waals surface area contributed by atoms with Gasteiger partial charge >= 0.3 is 0 Å². The first-order chi connectivity index (χ1) is 19.2. The molecule has 12 heteroatoms. The van der Waals surface area contributed by atoms with Crippen LogP contribution in [0.25, 0.3) is 27.7 Å². The highest BCUT2D eigenvalue weighted by Gasteiger charge is 2.35. The fourth-order valence-corrected chi connectivity index (χ4v) is 4.78. The molecule has 6 rings (SSSR count). The maximum Gasteiger partial charge on any atom is 0.275 e. The van der Waals surface area contributed by atoms with E-state index in [1.165, 1.54) is 34.3 Å². The van der Waals surface area contributed by atoms with E-state index < -0.39 is 17.6 Å². The van der Waals surface area contributed by atoms with Gasteiger partial charge < -0.3 is 19.8 Å². The number of carbonyl (C=O) groups excluding carboxylic acids is 1. The Hall–Kier alpha value is -4.61. The van der Waals surface area contributed by atoms with Gasteiger partial charge in [-0.2, -0.15) is 5.10 Å². The molecular formula is C28H27F3N8O. The van der Waals surface area contributed by atoms with Crippen molar-refractivity contribution in [2.24, 2.45) is 0 Å². The molecule has 0 unspecified atom stereocenters. The number of fused-ring (bicyclic) bond motifs is 1. The maximum absolute atomic E-state index is 14.9. The van der Waals surface area contributed by atoms with Crippen molar-refractivity contribution in [2.75, 3.05) is 23.3 Å². The highest BCUT2D eigenvalue weighted by atomic mass is 19.3. The third-order valence-corrected chi connectivity index (χ3v) is 7.11. The van der Waals surface area contributed by atoms with E-state index in [0.717, 1.165) is 22.0 Å². The molecule has 1 aliphatic heterocycles. The lowest BCUT2D eigenvalue weighted by Crippen LogP contribution is -2.40. The van der Waals surface area contributed by atoms with Crippen LogP contribution in [-0.2, 0) is 0 Å². The predicted octanol–water partition coefficient (Wildman–Crippen LogP) is 5.82. The number of alkyl halides is 2. The van der Waals surface area contributed by atoms with Crippen LogP contribution in [0.3, 0.4) is 0 Å². The number of nitrogens with zero attached hydrogens (tertiary/aromatic N) is 6. The number of imidazole rings is 1. The zero-order chi connectivity index (χ0) is 28.0. The summed E-state index contributed by atoms with van der Waals surface area (Å²) < 4.78 is 45.2. The highest BCUT2D eigenvalue weighted by Crippen LogP contribution is 2.32. The lowest BCUT2D eigenvalue weighted by atomic mass is 10.1. The van der Waals surface area contributed by atoms with E-state index >= 15 is 0 Å². The van der Waals surface area contributed by atoms with Gasteiger partial charge in [-0.15, -0.1) is 0 Å². The Balaban J connectivity index is 1.18. The van der Waals surface area contributed by atoms with Gasteiger partial charge in [-0.25, -0.2) is 23.1 Å². The summed E-state index contributed by atoms with van der Waals surface area (Å²) in [4.78, 5) is 26.1. The molecule has 0 bridgehead atoms. The number of amides is 1. The van der Waals surface area contributed by atoms with Crippen molar-refractivity contribution < 1.29 is 18.0 Å². The number of piperidine rings is 1. The molecule has 9 nitrogen and oxygen atoms in total. The summed E-state index contributed by atoms with van der Waals surface area (Å²) in [5.74, 6) is -3.76. The lowest BCUT2D eigenvalue weighted by Gasteiger charge is -2.32. The highest BCUT2D eigenvalue weighted by molar-refractivity contribution is 6.08. The van der Waals surface area contributed by atoms with Gasteiger partial charge in [0, 0.05) is 73.1 Å². The van der Waals surface area contributed by atoms with Crippen molar-refractivity contribution >= 4 is 28.3 Å². The number of halogens is 3. The first kappa shape index (κ1) is 25.7. The van der Waals surface area contributed by atoms with Gasteiger partial charge in [0.15, 0.2) is 11.6 Å². The van der Waals surface area contributed by atoms with Crippen LogP contribution < -0.4 is 10.2 Å². The number of hydrogen-bond acceptors (Lipinski definition) is 5. The molecule has 1 saturated heterocycles. The summed E-state index contributed by atoms with van der Waals surface area (Å²) in [6.45, 7) is 4.18. The Kier molecular flexibility index (Phi) is 6.32. The molecule has 5 aromatic rings. The molecule has 4 aromatic heterocycles. The number of rotatable bonds is 6. The van der Waals surface area contributed by atoms with E-state index in [1.54, 1.807) is 6.20 Å². The number of hydrogen-bond donors (Lipinski definition) is 2. The van der Waals surface area contributed by atoms with E-state index in [2.05, 4.69) is 39.2 Å². The Morgan fingerprint density at radius 2 is 1.88 bits per heavy atom. The quantitative estimate of drug-likeness (QED) is 0.279. The maximum atomic E-state index is 14.9. The van der Waals surface area contributed by atoms with Crippen LogP contribution >= 0.6 is 0 Å². The zero-order valence-corrected chi connectivity index (χ0v) is 21.9. The fraction of sp³-hybridized carbons (Fsp3) is 0.286. The monoisotopic (exact) mass is 548 g/mol. The molecule has 5 heterocycles. The second-order valence-electron chi connectivity index (χ2n) is 10.2. The van der Waals surface area contributed by atoms with Crippen molar-refractivity contribution in [3.8, 4) is 16.8 Å². The first-order valence-electron chi connectivity index (χ1n) is 13.0. The Morgan fingerprint density at radius 1 is 1.07 bits per heavy atom. The van der Waals surface area contributed by atoms with Crippen LogP contribution in [0.15, 0.2) is 61.6 Å². The number of carbonyl (C=O) groups is 1. The Labute approximate surface area is 227 Å². The summed E-state index contributed by atoms with van der Waals surface area (Å²) in [5.41, 5.74) is 3.88. The third kappa shape index (κ3) is 4.92. The molecular weight excluding hydrogens is 521 g/mol. The summed E-state index contributed by atoms with van der Waals surface area (Å²) >= 11 is 0. The second kappa shape index (κ2) is 9.85. The standard InChI is InChI=1S/C28H27F3N8O/c1-17(2)39-14-19(11-35-39)18-3-4-23-21(9-18)24(13-32-23)36-27(40)25-15-38(16-34-25)20-10-22(29)26(33-12-20)37-7-5-28(30,31)6-8-37/h3-4,9-17,32H,5-8H2,1-2H3,(H,36,40). The van der Waals surface area contributed by atoms with Crippen molar-refractivity contribution in [1.29, 1.82) is 0 Å². The van der Waals surface area contributed by atoms with E-state index in [9.17, 15) is 18.0 Å². The van der Waals surface area contributed by atoms with Gasteiger partial charge in [-0.1, -0.05) is 6.07 Å². The lowest BCUT2D eigenvalue weighted by molar-refractivity contribution is -0.0222. The van der Waals surface area contributed by atoms with Gasteiger partial charge in [0.25, 0.3) is 11.8 Å². The molecule has 1 aromatic carbocycles. The largest absolute Gasteiger partial charge is 0.359 e. The number of nitrogens with one attached hydrogen (secondary N) is 2. The van der Waals surface area contributed by atoms with E-state index in [1.807, 2.05) is 35.3 Å². The molecule has 1 amide bonds. The molecule has 206 valence electrons. The van der Waals surface area contributed by atoms with Crippen molar-refractivity contribution in [2.45, 2.75) is 38.7 Å². The average Bonchev–Trinajstić information content (AvgIpc) is 3.69. The van der Waals surface area contributed by atoms with Gasteiger partial charge in [-0.3, -0.25) is 9.48 Å². The first-order valence-corrected chi connectivity index (χ1v) is 13.0. The molecule has 0 spiro atoms. The molecule has 0 aliphatic carbocycles. The van der Waals surface area contributed by atoms with Gasteiger partial charge in [0.1, 0.15) is 12.0 Å². The minimum absolute atomic E-state index is 0.0303. The van der Waals surface area contributed by atoms with Crippen LogP contribution in [-0.4, -0.2) is 54.2 Å². The van der Waals surface area contributed by atoms with Crippen LogP contribution in [0.4, 0.5) is 24.7 Å². The minimum atomic E-state index is -2.73. The van der Waals surface area contributed by atoms with Crippen molar-refractivity contribution in [1.82, 2.24) is 29.3 Å². The van der Waals surface area contributed by atoms with Gasteiger partial charge in [-0.05, 0) is 31.5 Å². The summed E-state index contributed by atoms with van der Waals surface area (Å²) in [6, 6.07) is 7.42. The molecule has 2 N–H and O–H groups in total. The third-order valence-electron chi connectivity index (χ3n) is 7.11. The van der Waals surface area contributed by atoms with Crippen LogP contribution in [0.2, 0.25) is 0 Å². The number of aromatic nitrogens is 6. The minimum Gasteiger partial charge on any atom is -0.359 e. The molecule has 0 saturated carbocycles. The Bertz CT molecular complexity index is 1690. The summed E-state index contributed by atoms with van der Waals surface area (Å²) in [7, 11) is 0. The van der Waals surface area contributed by atoms with E-state index in [4.69, 9.17) is 0 Å². The number of H-pyrrole nitrogens is 1. The fourth-order valence-electron chi connectivity index (χ4n) is 4.78. The Morgan fingerprint density at radius 3 is 2.60 bits per heavy atom. The predicted molar refractivity (Wildman–Crippen MR) is 146 cm³/mol. The smallest absolute Gasteiger partial charge is 0.275 e. The average molecular weight is 549 g/mol. The van der Waals surface area contributed by atoms with E-state index in [-0.39, 0.29) is 43.5 Å². The molecule has 1 aliphatic rings. The van der Waals surface area contributed by atoms with E-state index in [0.29, 0.717) is 11.4 Å². The topological polar surface area (TPSA) is 96.7 Å². The molecule has 1 fully saturated rings.